The second kappa shape index (κ2) is 7.11. The lowest BCUT2D eigenvalue weighted by Crippen LogP contribution is -2.14. The van der Waals surface area contributed by atoms with Crippen LogP contribution in [0.5, 0.6) is 5.75 Å². The number of thioether (sulfide) groups is 1. The molecule has 0 atom stereocenters. The number of ether oxygens (including phenoxy) is 1. The third-order valence-electron chi connectivity index (χ3n) is 3.21. The first-order valence-corrected chi connectivity index (χ1v) is 8.33. The zero-order valence-corrected chi connectivity index (χ0v) is 14.2. The first-order chi connectivity index (χ1) is 11.5. The van der Waals surface area contributed by atoms with Crippen LogP contribution in [-0.2, 0) is 4.79 Å². The lowest BCUT2D eigenvalue weighted by molar-refractivity contribution is -0.113. The van der Waals surface area contributed by atoms with E-state index in [1.165, 1.54) is 30.0 Å². The number of hydrogen-bond acceptors (Lipinski definition) is 4. The highest BCUT2D eigenvalue weighted by Gasteiger charge is 2.09. The van der Waals surface area contributed by atoms with E-state index in [4.69, 9.17) is 16.3 Å². The molecule has 0 aliphatic rings. The molecule has 1 amide bonds. The van der Waals surface area contributed by atoms with Gasteiger partial charge in [-0.15, -0.1) is 0 Å². The molecule has 0 aliphatic carbocycles. The first kappa shape index (κ1) is 16.6. The number of anilines is 1. The molecule has 24 heavy (non-hydrogen) atoms. The minimum absolute atomic E-state index is 0.0355. The summed E-state index contributed by atoms with van der Waals surface area (Å²) in [6.07, 6.45) is 0. The third kappa shape index (κ3) is 3.80. The summed E-state index contributed by atoms with van der Waals surface area (Å²) < 4.78 is 18.2. The highest BCUT2D eigenvalue weighted by molar-refractivity contribution is 7.99. The predicted molar refractivity (Wildman–Crippen MR) is 93.4 cm³/mol. The first-order valence-electron chi connectivity index (χ1n) is 6.96. The number of hydrogen-bond donors (Lipinski definition) is 2. The van der Waals surface area contributed by atoms with Crippen molar-refractivity contribution in [2.24, 2.45) is 0 Å². The average Bonchev–Trinajstić information content (AvgIpc) is 2.98. The van der Waals surface area contributed by atoms with Gasteiger partial charge in [0.1, 0.15) is 11.6 Å². The normalized spacial score (nSPS) is 10.8. The Balaban J connectivity index is 1.62. The van der Waals surface area contributed by atoms with Gasteiger partial charge in [0.2, 0.25) is 5.91 Å². The van der Waals surface area contributed by atoms with Crippen LogP contribution < -0.4 is 10.1 Å². The largest absolute Gasteiger partial charge is 0.497 e. The van der Waals surface area contributed by atoms with E-state index in [0.717, 1.165) is 16.8 Å². The van der Waals surface area contributed by atoms with E-state index in [9.17, 15) is 9.18 Å². The zero-order chi connectivity index (χ0) is 17.1. The van der Waals surface area contributed by atoms with Crippen molar-refractivity contribution in [1.29, 1.82) is 0 Å². The third-order valence-corrected chi connectivity index (χ3v) is 4.37. The van der Waals surface area contributed by atoms with Crippen LogP contribution in [0, 0.1) is 5.82 Å². The van der Waals surface area contributed by atoms with Crippen molar-refractivity contribution in [2.75, 3.05) is 18.2 Å². The maximum absolute atomic E-state index is 13.1. The highest BCUT2D eigenvalue weighted by Crippen LogP contribution is 2.24. The number of halogens is 2. The summed E-state index contributed by atoms with van der Waals surface area (Å²) in [5.74, 6) is 0.127. The number of nitrogens with zero attached hydrogens (tertiary/aromatic N) is 1. The maximum Gasteiger partial charge on any atom is 0.234 e. The van der Waals surface area contributed by atoms with E-state index in [1.807, 2.05) is 18.2 Å². The van der Waals surface area contributed by atoms with Gasteiger partial charge in [0, 0.05) is 11.8 Å². The van der Waals surface area contributed by atoms with Gasteiger partial charge < -0.3 is 15.0 Å². The van der Waals surface area contributed by atoms with Crippen LogP contribution in [0.4, 0.5) is 10.1 Å². The fourth-order valence-corrected chi connectivity index (χ4v) is 2.93. The Morgan fingerprint density at radius 1 is 1.38 bits per heavy atom. The van der Waals surface area contributed by atoms with Crippen molar-refractivity contribution in [3.8, 4) is 5.75 Å². The summed E-state index contributed by atoms with van der Waals surface area (Å²) in [4.78, 5) is 19.5. The smallest absolute Gasteiger partial charge is 0.234 e. The van der Waals surface area contributed by atoms with E-state index in [1.54, 1.807) is 7.11 Å². The van der Waals surface area contributed by atoms with Crippen LogP contribution in [0.25, 0.3) is 11.0 Å². The van der Waals surface area contributed by atoms with Crippen LogP contribution in [0.3, 0.4) is 0 Å². The van der Waals surface area contributed by atoms with Gasteiger partial charge in [0.25, 0.3) is 0 Å². The molecule has 1 aromatic heterocycles. The number of carbonyl (C=O) groups is 1. The molecule has 0 spiro atoms. The molecule has 2 aromatic carbocycles. The van der Waals surface area contributed by atoms with Crippen molar-refractivity contribution in [3.05, 3.63) is 47.2 Å². The summed E-state index contributed by atoms with van der Waals surface area (Å²) in [6, 6.07) is 9.53. The maximum atomic E-state index is 13.1. The molecular weight excluding hydrogens is 353 g/mol. The van der Waals surface area contributed by atoms with Gasteiger partial charge in [0.05, 0.1) is 28.9 Å². The van der Waals surface area contributed by atoms with Gasteiger partial charge >= 0.3 is 0 Å². The Bertz CT molecular complexity index is 900. The van der Waals surface area contributed by atoms with E-state index in [-0.39, 0.29) is 16.7 Å². The van der Waals surface area contributed by atoms with Gasteiger partial charge in [-0.1, -0.05) is 23.4 Å². The quantitative estimate of drug-likeness (QED) is 0.668. The van der Waals surface area contributed by atoms with Crippen molar-refractivity contribution < 1.29 is 13.9 Å². The van der Waals surface area contributed by atoms with Crippen LogP contribution >= 0.6 is 23.4 Å². The summed E-state index contributed by atoms with van der Waals surface area (Å²) >= 11 is 6.95. The summed E-state index contributed by atoms with van der Waals surface area (Å²) in [7, 11) is 1.60. The topological polar surface area (TPSA) is 67.0 Å². The fourth-order valence-electron chi connectivity index (χ4n) is 2.07. The molecular formula is C16H13ClFN3O2S. The Labute approximate surface area is 146 Å². The summed E-state index contributed by atoms with van der Waals surface area (Å²) in [5, 5.41) is 3.25. The number of rotatable bonds is 5. The number of carbonyl (C=O) groups excluding carboxylic acids is 1. The molecule has 5 nitrogen and oxygen atoms in total. The molecule has 8 heteroatoms. The van der Waals surface area contributed by atoms with Crippen molar-refractivity contribution in [2.45, 2.75) is 5.16 Å². The SMILES string of the molecule is COc1ccc2nc(SCC(=O)Nc3ccc(F)c(Cl)c3)[nH]c2c1. The number of methoxy groups -OCH3 is 1. The Morgan fingerprint density at radius 2 is 2.21 bits per heavy atom. The minimum Gasteiger partial charge on any atom is -0.497 e. The van der Waals surface area contributed by atoms with E-state index in [0.29, 0.717) is 10.8 Å². The number of amides is 1. The molecule has 0 fully saturated rings. The number of aromatic amines is 1. The predicted octanol–water partition coefficient (Wildman–Crippen LogP) is 4.09. The van der Waals surface area contributed by atoms with Gasteiger partial charge in [-0.2, -0.15) is 0 Å². The van der Waals surface area contributed by atoms with Gasteiger partial charge in [0.15, 0.2) is 5.16 Å². The highest BCUT2D eigenvalue weighted by atomic mass is 35.5. The molecule has 0 saturated heterocycles. The number of fused-ring (bicyclic) bond motifs is 1. The number of benzene rings is 2. The Hall–Kier alpha value is -2.25. The monoisotopic (exact) mass is 365 g/mol. The second-order valence-corrected chi connectivity index (χ2v) is 6.26. The van der Waals surface area contributed by atoms with Gasteiger partial charge in [-0.3, -0.25) is 4.79 Å². The molecule has 3 aromatic rings. The second-order valence-electron chi connectivity index (χ2n) is 4.89. The number of imidazole rings is 1. The molecule has 0 bridgehead atoms. The van der Waals surface area contributed by atoms with Crippen LogP contribution in [-0.4, -0.2) is 28.7 Å². The molecule has 0 unspecified atom stereocenters. The van der Waals surface area contributed by atoms with Crippen molar-refractivity contribution >= 4 is 46.0 Å². The average molecular weight is 366 g/mol. The lowest BCUT2D eigenvalue weighted by Gasteiger charge is -2.05. The Morgan fingerprint density at radius 3 is 2.96 bits per heavy atom. The van der Waals surface area contributed by atoms with Crippen LogP contribution in [0.2, 0.25) is 5.02 Å². The lowest BCUT2D eigenvalue weighted by atomic mass is 10.3. The molecule has 124 valence electrons. The van der Waals surface area contributed by atoms with Gasteiger partial charge in [-0.25, -0.2) is 9.37 Å². The minimum atomic E-state index is -0.526. The summed E-state index contributed by atoms with van der Waals surface area (Å²) in [5.41, 5.74) is 2.08. The number of nitrogens with one attached hydrogen (secondary N) is 2. The number of H-pyrrole nitrogens is 1. The molecule has 0 radical (unpaired) electrons. The molecule has 3 rings (SSSR count). The molecule has 0 saturated carbocycles. The van der Waals surface area contributed by atoms with Crippen LogP contribution in [0.15, 0.2) is 41.6 Å². The fraction of sp³-hybridized carbons (Fsp3) is 0.125. The van der Waals surface area contributed by atoms with Gasteiger partial charge in [-0.05, 0) is 30.3 Å². The molecule has 1 heterocycles. The standard InChI is InChI=1S/C16H13ClFN3O2S/c1-23-10-3-5-13-14(7-10)21-16(20-13)24-8-15(22)19-9-2-4-12(18)11(17)6-9/h2-7H,8H2,1H3,(H,19,22)(H,20,21). The van der Waals surface area contributed by atoms with Crippen molar-refractivity contribution in [1.82, 2.24) is 9.97 Å². The molecule has 2 N–H and O–H groups in total. The van der Waals surface area contributed by atoms with Crippen molar-refractivity contribution in [3.63, 3.8) is 0 Å². The van der Waals surface area contributed by atoms with Crippen LogP contribution in [0.1, 0.15) is 0 Å². The van der Waals surface area contributed by atoms with E-state index in [2.05, 4.69) is 15.3 Å². The van der Waals surface area contributed by atoms with E-state index >= 15 is 0 Å². The van der Waals surface area contributed by atoms with E-state index < -0.39 is 5.82 Å². The summed E-state index contributed by atoms with van der Waals surface area (Å²) in [6.45, 7) is 0. The zero-order valence-electron chi connectivity index (χ0n) is 12.6. The number of aromatic nitrogens is 2. The molecule has 0 aliphatic heterocycles. The Kier molecular flexibility index (Phi) is 4.92.